The van der Waals surface area contributed by atoms with Gasteiger partial charge in [0.05, 0.1) is 5.38 Å². The molecule has 1 aromatic rings. The maximum atomic E-state index is 12.0. The summed E-state index contributed by atoms with van der Waals surface area (Å²) in [6.07, 6.45) is 1.96. The van der Waals surface area contributed by atoms with Crippen LogP contribution in [0.5, 0.6) is 0 Å². The molecule has 0 spiro atoms. The van der Waals surface area contributed by atoms with Gasteiger partial charge in [-0.05, 0) is 37.5 Å². The zero-order valence-electron chi connectivity index (χ0n) is 10.7. The molecule has 0 aliphatic heterocycles. The third kappa shape index (κ3) is 4.04. The Bertz CT molecular complexity index is 390. The largest absolute Gasteiger partial charge is 0.351 e. The number of hydrogen-bond donors (Lipinski definition) is 1. The summed E-state index contributed by atoms with van der Waals surface area (Å²) in [6, 6.07) is 5.76. The first-order valence-corrected chi connectivity index (χ1v) is 6.48. The molecule has 0 saturated heterocycles. The predicted octanol–water partition coefficient (Wildman–Crippen LogP) is 3.44. The molecule has 1 rings (SSSR count). The van der Waals surface area contributed by atoms with Gasteiger partial charge in [0.15, 0.2) is 0 Å². The van der Waals surface area contributed by atoms with Gasteiger partial charge in [-0.1, -0.05) is 25.5 Å². The second kappa shape index (κ2) is 6.65. The van der Waals surface area contributed by atoms with Crippen molar-refractivity contribution >= 4 is 17.5 Å². The highest BCUT2D eigenvalue weighted by Crippen LogP contribution is 2.12. The fourth-order valence-corrected chi connectivity index (χ4v) is 2.01. The van der Waals surface area contributed by atoms with Crippen molar-refractivity contribution in [1.82, 2.24) is 5.32 Å². The molecule has 1 amide bonds. The number of carbonyl (C=O) groups excluding carboxylic acids is 1. The van der Waals surface area contributed by atoms with E-state index in [1.165, 1.54) is 0 Å². The minimum absolute atomic E-state index is 0.0223. The number of carbonyl (C=O) groups is 1. The smallest absolute Gasteiger partial charge is 0.251 e. The van der Waals surface area contributed by atoms with E-state index >= 15 is 0 Å². The number of rotatable bonds is 5. The van der Waals surface area contributed by atoms with Crippen LogP contribution in [-0.2, 0) is 0 Å². The maximum absolute atomic E-state index is 12.0. The van der Waals surface area contributed by atoms with E-state index in [1.807, 2.05) is 32.0 Å². The molecule has 0 aromatic heterocycles. The van der Waals surface area contributed by atoms with Gasteiger partial charge in [-0.25, -0.2) is 0 Å². The summed E-state index contributed by atoms with van der Waals surface area (Å²) in [6.45, 7) is 6.59. The van der Waals surface area contributed by atoms with Gasteiger partial charge >= 0.3 is 0 Å². The van der Waals surface area contributed by atoms with Crippen molar-refractivity contribution in [2.24, 2.45) is 0 Å². The maximum Gasteiger partial charge on any atom is 0.251 e. The highest BCUT2D eigenvalue weighted by molar-refractivity contribution is 6.20. The van der Waals surface area contributed by atoms with Crippen LogP contribution in [0.4, 0.5) is 0 Å². The lowest BCUT2D eigenvalue weighted by atomic mass is 10.0. The molecule has 0 fully saturated rings. The van der Waals surface area contributed by atoms with Gasteiger partial charge in [0.25, 0.3) is 5.91 Å². The molecule has 0 bridgehead atoms. The standard InChI is InChI=1S/C14H20ClNO/c1-4-6-12(15)9-16-14(17)13-8-5-7-10(2)11(13)3/h5,7-8,12H,4,6,9H2,1-3H3,(H,16,17). The van der Waals surface area contributed by atoms with E-state index in [0.717, 1.165) is 29.5 Å². The number of alkyl halides is 1. The average molecular weight is 254 g/mol. The molecular formula is C14H20ClNO. The van der Waals surface area contributed by atoms with Crippen LogP contribution in [0.15, 0.2) is 18.2 Å². The number of hydrogen-bond acceptors (Lipinski definition) is 1. The Morgan fingerprint density at radius 2 is 2.12 bits per heavy atom. The Morgan fingerprint density at radius 3 is 2.76 bits per heavy atom. The molecule has 1 unspecified atom stereocenters. The lowest BCUT2D eigenvalue weighted by Gasteiger charge is -2.12. The van der Waals surface area contributed by atoms with Crippen molar-refractivity contribution in [3.8, 4) is 0 Å². The summed E-state index contributed by atoms with van der Waals surface area (Å²) in [5.41, 5.74) is 2.91. The molecule has 1 aromatic carbocycles. The Hall–Kier alpha value is -1.02. The van der Waals surface area contributed by atoms with E-state index < -0.39 is 0 Å². The highest BCUT2D eigenvalue weighted by atomic mass is 35.5. The van der Waals surface area contributed by atoms with E-state index in [9.17, 15) is 4.79 Å². The lowest BCUT2D eigenvalue weighted by molar-refractivity contribution is 0.0952. The van der Waals surface area contributed by atoms with Crippen LogP contribution in [0.3, 0.4) is 0 Å². The van der Waals surface area contributed by atoms with Crippen LogP contribution < -0.4 is 5.32 Å². The summed E-state index contributed by atoms with van der Waals surface area (Å²) < 4.78 is 0. The van der Waals surface area contributed by atoms with Gasteiger partial charge in [0, 0.05) is 12.1 Å². The van der Waals surface area contributed by atoms with Crippen LogP contribution in [-0.4, -0.2) is 17.8 Å². The number of halogens is 1. The Kier molecular flexibility index (Phi) is 5.49. The summed E-state index contributed by atoms with van der Waals surface area (Å²) in [7, 11) is 0. The molecule has 94 valence electrons. The number of amides is 1. The Balaban J connectivity index is 2.61. The quantitative estimate of drug-likeness (QED) is 0.801. The van der Waals surface area contributed by atoms with Crippen molar-refractivity contribution < 1.29 is 4.79 Å². The minimum atomic E-state index is -0.0343. The van der Waals surface area contributed by atoms with Crippen LogP contribution in [0.25, 0.3) is 0 Å². The second-order valence-corrected chi connectivity index (χ2v) is 4.96. The van der Waals surface area contributed by atoms with Gasteiger partial charge < -0.3 is 5.32 Å². The van der Waals surface area contributed by atoms with E-state index in [4.69, 9.17) is 11.6 Å². The first-order chi connectivity index (χ1) is 8.06. The van der Waals surface area contributed by atoms with Crippen molar-refractivity contribution in [3.63, 3.8) is 0 Å². The van der Waals surface area contributed by atoms with Gasteiger partial charge in [0.1, 0.15) is 0 Å². The molecular weight excluding hydrogens is 234 g/mol. The van der Waals surface area contributed by atoms with Gasteiger partial charge in [-0.3, -0.25) is 4.79 Å². The summed E-state index contributed by atoms with van der Waals surface area (Å²) >= 11 is 6.07. The van der Waals surface area contributed by atoms with E-state index in [0.29, 0.717) is 6.54 Å². The predicted molar refractivity (Wildman–Crippen MR) is 72.8 cm³/mol. The first kappa shape index (κ1) is 14.0. The van der Waals surface area contributed by atoms with Gasteiger partial charge in [0.2, 0.25) is 0 Å². The fraction of sp³-hybridized carbons (Fsp3) is 0.500. The van der Waals surface area contributed by atoms with Crippen LogP contribution in [0, 0.1) is 13.8 Å². The molecule has 0 aliphatic carbocycles. The van der Waals surface area contributed by atoms with Gasteiger partial charge in [-0.15, -0.1) is 11.6 Å². The van der Waals surface area contributed by atoms with E-state index in [1.54, 1.807) is 0 Å². The number of nitrogens with one attached hydrogen (secondary N) is 1. The molecule has 3 heteroatoms. The molecule has 0 saturated carbocycles. The fourth-order valence-electron chi connectivity index (χ4n) is 1.71. The van der Waals surface area contributed by atoms with Crippen molar-refractivity contribution in [2.75, 3.05) is 6.54 Å². The summed E-state index contributed by atoms with van der Waals surface area (Å²) in [5, 5.41) is 2.90. The third-order valence-corrected chi connectivity index (χ3v) is 3.31. The SMILES string of the molecule is CCCC(Cl)CNC(=O)c1cccc(C)c1C. The molecule has 0 aliphatic rings. The molecule has 2 nitrogen and oxygen atoms in total. The van der Waals surface area contributed by atoms with Crippen LogP contribution >= 0.6 is 11.6 Å². The molecule has 0 heterocycles. The summed E-state index contributed by atoms with van der Waals surface area (Å²) in [5.74, 6) is -0.0343. The average Bonchev–Trinajstić information content (AvgIpc) is 2.30. The second-order valence-electron chi connectivity index (χ2n) is 4.34. The normalized spacial score (nSPS) is 12.2. The van der Waals surface area contributed by atoms with Crippen molar-refractivity contribution in [2.45, 2.75) is 39.0 Å². The number of benzene rings is 1. The third-order valence-electron chi connectivity index (χ3n) is 2.94. The monoisotopic (exact) mass is 253 g/mol. The molecule has 17 heavy (non-hydrogen) atoms. The zero-order valence-corrected chi connectivity index (χ0v) is 11.5. The van der Waals surface area contributed by atoms with Crippen molar-refractivity contribution in [1.29, 1.82) is 0 Å². The zero-order chi connectivity index (χ0) is 12.8. The topological polar surface area (TPSA) is 29.1 Å². The first-order valence-electron chi connectivity index (χ1n) is 6.04. The Morgan fingerprint density at radius 1 is 1.41 bits per heavy atom. The molecule has 0 radical (unpaired) electrons. The van der Waals surface area contributed by atoms with Gasteiger partial charge in [-0.2, -0.15) is 0 Å². The highest BCUT2D eigenvalue weighted by Gasteiger charge is 2.11. The molecule has 1 N–H and O–H groups in total. The van der Waals surface area contributed by atoms with E-state index in [-0.39, 0.29) is 11.3 Å². The number of aryl methyl sites for hydroxylation is 1. The Labute approximate surface area is 108 Å². The molecule has 1 atom stereocenters. The minimum Gasteiger partial charge on any atom is -0.351 e. The van der Waals surface area contributed by atoms with Crippen molar-refractivity contribution in [3.05, 3.63) is 34.9 Å². The van der Waals surface area contributed by atoms with Crippen LogP contribution in [0.1, 0.15) is 41.3 Å². The lowest BCUT2D eigenvalue weighted by Crippen LogP contribution is -2.30. The van der Waals surface area contributed by atoms with Crippen LogP contribution in [0.2, 0.25) is 0 Å². The van der Waals surface area contributed by atoms with E-state index in [2.05, 4.69) is 12.2 Å². The summed E-state index contributed by atoms with van der Waals surface area (Å²) in [4.78, 5) is 12.0.